The molecular formula is C15H21FN2O2. The van der Waals surface area contributed by atoms with Crippen LogP contribution in [0.25, 0.3) is 0 Å². The molecule has 1 heterocycles. The highest BCUT2D eigenvalue weighted by molar-refractivity contribution is 5.90. The summed E-state index contributed by atoms with van der Waals surface area (Å²) in [5.41, 5.74) is 1.01. The number of piperazine rings is 1. The Morgan fingerprint density at radius 3 is 2.70 bits per heavy atom. The minimum atomic E-state index is -0.791. The number of nitrogens with one attached hydrogen (secondary N) is 1. The van der Waals surface area contributed by atoms with Gasteiger partial charge in [0.1, 0.15) is 11.4 Å². The maximum atomic E-state index is 13.7. The number of carbonyl (C=O) groups is 1. The van der Waals surface area contributed by atoms with E-state index < -0.39 is 11.6 Å². The normalized spacial score (nSPS) is 19.7. The van der Waals surface area contributed by atoms with Gasteiger partial charge in [-0.15, -0.1) is 0 Å². The highest BCUT2D eigenvalue weighted by Gasteiger charge is 2.39. The molecule has 2 N–H and O–H groups in total. The fourth-order valence-corrected chi connectivity index (χ4v) is 2.57. The minimum Gasteiger partial charge on any atom is -0.389 e. The molecule has 4 nitrogen and oxygen atoms in total. The van der Waals surface area contributed by atoms with Crippen molar-refractivity contribution in [3.05, 3.63) is 29.1 Å². The van der Waals surface area contributed by atoms with Gasteiger partial charge in [-0.25, -0.2) is 4.39 Å². The van der Waals surface area contributed by atoms with Crippen LogP contribution in [0, 0.1) is 12.7 Å². The number of rotatable bonds is 2. The molecule has 1 saturated heterocycles. The topological polar surface area (TPSA) is 52.6 Å². The number of nitrogens with zero attached hydrogens (tertiary/aromatic N) is 1. The molecule has 0 bridgehead atoms. The Kier molecular flexibility index (Phi) is 3.73. The van der Waals surface area contributed by atoms with Crippen molar-refractivity contribution in [1.82, 2.24) is 5.32 Å². The van der Waals surface area contributed by atoms with Gasteiger partial charge >= 0.3 is 0 Å². The van der Waals surface area contributed by atoms with Crippen molar-refractivity contribution >= 4 is 11.6 Å². The quantitative estimate of drug-likeness (QED) is 0.870. The number of aryl methyl sites for hydroxylation is 1. The first-order valence-electron chi connectivity index (χ1n) is 6.79. The maximum Gasteiger partial charge on any atom is 0.245 e. The van der Waals surface area contributed by atoms with E-state index in [2.05, 4.69) is 5.32 Å². The van der Waals surface area contributed by atoms with Gasteiger partial charge in [-0.2, -0.15) is 0 Å². The van der Waals surface area contributed by atoms with Crippen LogP contribution in [0.4, 0.5) is 10.1 Å². The van der Waals surface area contributed by atoms with Crippen molar-refractivity contribution in [3.63, 3.8) is 0 Å². The third-order valence-electron chi connectivity index (χ3n) is 3.90. The van der Waals surface area contributed by atoms with Gasteiger partial charge in [0.2, 0.25) is 5.91 Å². The molecule has 0 aromatic heterocycles. The average Bonchev–Trinajstić information content (AvgIpc) is 2.35. The predicted molar refractivity (Wildman–Crippen MR) is 76.2 cm³/mol. The fourth-order valence-electron chi connectivity index (χ4n) is 2.57. The van der Waals surface area contributed by atoms with Crippen LogP contribution in [0.1, 0.15) is 38.0 Å². The lowest BCUT2D eigenvalue weighted by Gasteiger charge is -2.44. The first-order valence-corrected chi connectivity index (χ1v) is 6.79. The van der Waals surface area contributed by atoms with Crippen molar-refractivity contribution in [2.75, 3.05) is 18.0 Å². The van der Waals surface area contributed by atoms with Gasteiger partial charge in [-0.1, -0.05) is 0 Å². The van der Waals surface area contributed by atoms with Crippen LogP contribution < -0.4 is 10.2 Å². The van der Waals surface area contributed by atoms with Gasteiger partial charge in [0.25, 0.3) is 0 Å². The van der Waals surface area contributed by atoms with Crippen molar-refractivity contribution < 1.29 is 14.3 Å². The summed E-state index contributed by atoms with van der Waals surface area (Å²) in [7, 11) is 0. The number of anilines is 1. The molecular weight excluding hydrogens is 259 g/mol. The molecule has 0 saturated carbocycles. The summed E-state index contributed by atoms with van der Waals surface area (Å²) >= 11 is 0. The van der Waals surface area contributed by atoms with Crippen molar-refractivity contribution in [3.8, 4) is 0 Å². The molecule has 0 unspecified atom stereocenters. The predicted octanol–water partition coefficient (Wildman–Crippen LogP) is 1.90. The van der Waals surface area contributed by atoms with Crippen LogP contribution in [0.15, 0.2) is 12.1 Å². The number of benzene rings is 1. The number of halogens is 1. The molecule has 110 valence electrons. The molecule has 1 aliphatic rings. The Morgan fingerprint density at radius 1 is 1.45 bits per heavy atom. The summed E-state index contributed by atoms with van der Waals surface area (Å²) in [5, 5.41) is 12.7. The lowest BCUT2D eigenvalue weighted by molar-refractivity contribution is -0.126. The van der Waals surface area contributed by atoms with Crippen LogP contribution >= 0.6 is 0 Å². The van der Waals surface area contributed by atoms with Crippen LogP contribution in [-0.4, -0.2) is 29.6 Å². The van der Waals surface area contributed by atoms with Gasteiger partial charge in [-0.05, 0) is 45.4 Å². The molecule has 1 aromatic carbocycles. The van der Waals surface area contributed by atoms with Crippen LogP contribution in [0.5, 0.6) is 0 Å². The van der Waals surface area contributed by atoms with Crippen molar-refractivity contribution in [2.24, 2.45) is 0 Å². The lowest BCUT2D eigenvalue weighted by Crippen LogP contribution is -2.62. The number of aliphatic hydroxyl groups excluding tert-OH is 1. The fraction of sp³-hybridized carbons (Fsp3) is 0.533. The van der Waals surface area contributed by atoms with E-state index in [-0.39, 0.29) is 11.7 Å². The van der Waals surface area contributed by atoms with E-state index >= 15 is 0 Å². The summed E-state index contributed by atoms with van der Waals surface area (Å²) in [6, 6.07) is 3.07. The molecule has 1 aromatic rings. The van der Waals surface area contributed by atoms with Gasteiger partial charge in [0, 0.05) is 24.3 Å². The molecule has 1 fully saturated rings. The zero-order valence-corrected chi connectivity index (χ0v) is 12.3. The van der Waals surface area contributed by atoms with E-state index in [0.717, 1.165) is 5.69 Å². The summed E-state index contributed by atoms with van der Waals surface area (Å²) < 4.78 is 13.7. The summed E-state index contributed by atoms with van der Waals surface area (Å²) in [4.78, 5) is 14.0. The van der Waals surface area contributed by atoms with E-state index in [1.807, 2.05) is 18.7 Å². The van der Waals surface area contributed by atoms with Crippen LogP contribution in [0.3, 0.4) is 0 Å². The molecule has 5 heteroatoms. The summed E-state index contributed by atoms with van der Waals surface area (Å²) in [6.45, 7) is 8.10. The molecule has 1 atom stereocenters. The largest absolute Gasteiger partial charge is 0.389 e. The number of aliphatic hydroxyl groups is 1. The average molecular weight is 280 g/mol. The third-order valence-corrected chi connectivity index (χ3v) is 3.90. The second kappa shape index (κ2) is 5.05. The Morgan fingerprint density at radius 2 is 2.10 bits per heavy atom. The van der Waals surface area contributed by atoms with Gasteiger partial charge in [-0.3, -0.25) is 4.79 Å². The van der Waals surface area contributed by atoms with Crippen molar-refractivity contribution in [1.29, 1.82) is 0 Å². The Bertz CT molecular complexity index is 541. The van der Waals surface area contributed by atoms with E-state index in [1.165, 1.54) is 6.07 Å². The Labute approximate surface area is 118 Å². The zero-order chi connectivity index (χ0) is 15.1. The van der Waals surface area contributed by atoms with E-state index in [1.54, 1.807) is 19.9 Å². The number of hydrogen-bond acceptors (Lipinski definition) is 3. The lowest BCUT2D eigenvalue weighted by atomic mass is 9.94. The molecule has 0 spiro atoms. The Balaban J connectivity index is 2.56. The third kappa shape index (κ3) is 2.38. The molecule has 2 rings (SSSR count). The second-order valence-electron chi connectivity index (χ2n) is 5.80. The number of amides is 1. The molecule has 0 aliphatic carbocycles. The molecule has 1 amide bonds. The van der Waals surface area contributed by atoms with Gasteiger partial charge < -0.3 is 15.3 Å². The molecule has 20 heavy (non-hydrogen) atoms. The highest BCUT2D eigenvalue weighted by Crippen LogP contribution is 2.34. The standard InChI is InChI=1S/C15H21FN2O2/c1-9-7-13(11(10(2)19)8-12(9)16)18-6-5-17-14(20)15(18,3)4/h7-8,10,19H,5-6H2,1-4H3,(H,17,20)/t10-/m1/s1. The highest BCUT2D eigenvalue weighted by atomic mass is 19.1. The molecule has 1 aliphatic heterocycles. The SMILES string of the molecule is Cc1cc(N2CCNC(=O)C2(C)C)c([C@@H](C)O)cc1F. The second-order valence-corrected chi connectivity index (χ2v) is 5.80. The van der Waals surface area contributed by atoms with Crippen molar-refractivity contribution in [2.45, 2.75) is 39.3 Å². The first-order chi connectivity index (χ1) is 9.25. The number of hydrogen-bond donors (Lipinski definition) is 2. The van der Waals surface area contributed by atoms with Gasteiger partial charge in [0.05, 0.1) is 6.10 Å². The smallest absolute Gasteiger partial charge is 0.245 e. The van der Waals surface area contributed by atoms with E-state index in [0.29, 0.717) is 24.2 Å². The van der Waals surface area contributed by atoms with Crippen LogP contribution in [-0.2, 0) is 4.79 Å². The summed E-state index contributed by atoms with van der Waals surface area (Å²) in [6.07, 6.45) is -0.791. The van der Waals surface area contributed by atoms with E-state index in [4.69, 9.17) is 0 Å². The monoisotopic (exact) mass is 280 g/mol. The molecule has 0 radical (unpaired) electrons. The van der Waals surface area contributed by atoms with Crippen LogP contribution in [0.2, 0.25) is 0 Å². The van der Waals surface area contributed by atoms with E-state index in [9.17, 15) is 14.3 Å². The Hall–Kier alpha value is -1.62. The zero-order valence-electron chi connectivity index (χ0n) is 12.3. The van der Waals surface area contributed by atoms with Gasteiger partial charge in [0.15, 0.2) is 0 Å². The number of carbonyl (C=O) groups excluding carboxylic acids is 1. The summed E-state index contributed by atoms with van der Waals surface area (Å²) in [5.74, 6) is -0.411. The maximum absolute atomic E-state index is 13.7. The first kappa shape index (κ1) is 14.8. The minimum absolute atomic E-state index is 0.0673.